The standard InChI is InChI=1S/C42H64N2O8/c1-15-35(47)51-31(25-19-27(39(3,4)5)37(49)28(20-25)40(6,7)8)23-43-33(45)17-18-34(46)44-24-32(52-36(48)16-2)26-21-29(41(9,10)11)38(50)30(22-26)42(12,13)14/h19-22,31-32,49-50H,15-18,23-24H2,1-14H3,(H,43,45)(H,44,46). The summed E-state index contributed by atoms with van der Waals surface area (Å²) in [7, 11) is 0. The zero-order chi connectivity index (χ0) is 40.0. The topological polar surface area (TPSA) is 151 Å². The predicted molar refractivity (Wildman–Crippen MR) is 205 cm³/mol. The van der Waals surface area contributed by atoms with E-state index in [4.69, 9.17) is 9.47 Å². The van der Waals surface area contributed by atoms with Gasteiger partial charge in [-0.3, -0.25) is 19.2 Å². The summed E-state index contributed by atoms with van der Waals surface area (Å²) in [5.41, 5.74) is 2.49. The maximum Gasteiger partial charge on any atom is 0.306 e. The molecule has 0 spiro atoms. The van der Waals surface area contributed by atoms with E-state index < -0.39 is 57.6 Å². The van der Waals surface area contributed by atoms with Gasteiger partial charge in [-0.1, -0.05) is 96.9 Å². The summed E-state index contributed by atoms with van der Waals surface area (Å²) in [5.74, 6) is -1.29. The van der Waals surface area contributed by atoms with Crippen molar-refractivity contribution >= 4 is 23.8 Å². The van der Waals surface area contributed by atoms with Gasteiger partial charge in [-0.2, -0.15) is 0 Å². The number of ether oxygens (including phenoxy) is 2. The van der Waals surface area contributed by atoms with Crippen LogP contribution in [0.2, 0.25) is 0 Å². The monoisotopic (exact) mass is 724 g/mol. The fraction of sp³-hybridized carbons (Fsp3) is 0.619. The van der Waals surface area contributed by atoms with Crippen LogP contribution in [0.25, 0.3) is 0 Å². The van der Waals surface area contributed by atoms with E-state index in [-0.39, 0.29) is 50.3 Å². The van der Waals surface area contributed by atoms with Crippen LogP contribution in [0.4, 0.5) is 0 Å². The van der Waals surface area contributed by atoms with Crippen molar-refractivity contribution in [3.05, 3.63) is 57.6 Å². The Hall–Kier alpha value is -4.08. The van der Waals surface area contributed by atoms with E-state index in [1.54, 1.807) is 13.8 Å². The molecular formula is C42H64N2O8. The highest BCUT2D eigenvalue weighted by atomic mass is 16.5. The Morgan fingerprint density at radius 2 is 0.788 bits per heavy atom. The molecule has 0 saturated carbocycles. The van der Waals surface area contributed by atoms with Crippen LogP contribution >= 0.6 is 0 Å². The largest absolute Gasteiger partial charge is 0.507 e. The molecular weight excluding hydrogens is 660 g/mol. The first-order valence-corrected chi connectivity index (χ1v) is 18.4. The molecule has 0 aliphatic carbocycles. The molecule has 52 heavy (non-hydrogen) atoms. The number of carbonyl (C=O) groups is 4. The third kappa shape index (κ3) is 12.3. The molecule has 0 aliphatic rings. The molecule has 0 saturated heterocycles. The Balaban J connectivity index is 2.25. The molecule has 2 aromatic rings. The maximum absolute atomic E-state index is 13.0. The average molecular weight is 725 g/mol. The number of phenolic OH excluding ortho intramolecular Hbond substituents is 2. The number of hydrogen-bond acceptors (Lipinski definition) is 8. The van der Waals surface area contributed by atoms with Gasteiger partial charge in [-0.15, -0.1) is 0 Å². The number of nitrogens with one attached hydrogen (secondary N) is 2. The molecule has 0 aliphatic heterocycles. The zero-order valence-electron chi connectivity index (χ0n) is 34.1. The SMILES string of the molecule is CCC(=O)OC(CNC(=O)CCC(=O)NCC(OC(=O)CC)c1cc(C(C)(C)C)c(O)c(C(C)(C)C)c1)c1cc(C(C)(C)C)c(O)c(C(C)(C)C)c1. The summed E-state index contributed by atoms with van der Waals surface area (Å²) in [4.78, 5) is 51.0. The number of carbonyl (C=O) groups excluding carboxylic acids is 4. The van der Waals surface area contributed by atoms with E-state index in [1.165, 1.54) is 0 Å². The van der Waals surface area contributed by atoms with Gasteiger partial charge in [0.2, 0.25) is 11.8 Å². The van der Waals surface area contributed by atoms with Crippen molar-refractivity contribution in [3.63, 3.8) is 0 Å². The molecule has 290 valence electrons. The van der Waals surface area contributed by atoms with Crippen molar-refractivity contribution in [3.8, 4) is 11.5 Å². The Bertz CT molecular complexity index is 1410. The summed E-state index contributed by atoms with van der Waals surface area (Å²) in [5, 5.41) is 28.0. The van der Waals surface area contributed by atoms with Crippen molar-refractivity contribution in [1.29, 1.82) is 0 Å². The first kappa shape index (κ1) is 44.1. The van der Waals surface area contributed by atoms with Crippen LogP contribution in [0.3, 0.4) is 0 Å². The van der Waals surface area contributed by atoms with Crippen LogP contribution < -0.4 is 10.6 Å². The first-order valence-electron chi connectivity index (χ1n) is 18.4. The third-order valence-electron chi connectivity index (χ3n) is 8.91. The Morgan fingerprint density at radius 3 is 1.00 bits per heavy atom. The van der Waals surface area contributed by atoms with Crippen LogP contribution in [0.15, 0.2) is 24.3 Å². The van der Waals surface area contributed by atoms with Gasteiger partial charge in [0.1, 0.15) is 23.7 Å². The van der Waals surface area contributed by atoms with Gasteiger partial charge in [0.25, 0.3) is 0 Å². The normalized spacial score (nSPS) is 13.6. The molecule has 10 heteroatoms. The van der Waals surface area contributed by atoms with Crippen molar-refractivity contribution < 1.29 is 38.9 Å². The van der Waals surface area contributed by atoms with Crippen LogP contribution in [0.1, 0.15) is 168 Å². The quantitative estimate of drug-likeness (QED) is 0.152. The number of amides is 2. The molecule has 2 rings (SSSR count). The van der Waals surface area contributed by atoms with E-state index in [1.807, 2.05) is 107 Å². The molecule has 2 aromatic carbocycles. The molecule has 0 aromatic heterocycles. The van der Waals surface area contributed by atoms with Gasteiger partial charge in [-0.25, -0.2) is 0 Å². The fourth-order valence-electron chi connectivity index (χ4n) is 5.73. The molecule has 2 unspecified atom stereocenters. The van der Waals surface area contributed by atoms with E-state index >= 15 is 0 Å². The summed E-state index contributed by atoms with van der Waals surface area (Å²) >= 11 is 0. The minimum Gasteiger partial charge on any atom is -0.507 e. The van der Waals surface area contributed by atoms with Gasteiger partial charge < -0.3 is 30.3 Å². The van der Waals surface area contributed by atoms with Gasteiger partial charge in [0.05, 0.1) is 13.1 Å². The summed E-state index contributed by atoms with van der Waals surface area (Å²) in [6, 6.07) is 7.29. The van der Waals surface area contributed by atoms with Crippen molar-refractivity contribution in [2.45, 2.75) is 156 Å². The number of benzene rings is 2. The molecule has 4 N–H and O–H groups in total. The third-order valence-corrected chi connectivity index (χ3v) is 8.91. The number of rotatable bonds is 13. The highest BCUT2D eigenvalue weighted by Gasteiger charge is 2.31. The maximum atomic E-state index is 13.0. The van der Waals surface area contributed by atoms with Crippen LogP contribution in [0, 0.1) is 0 Å². The second-order valence-electron chi connectivity index (χ2n) is 17.7. The van der Waals surface area contributed by atoms with E-state index in [0.717, 1.165) is 0 Å². The zero-order valence-corrected chi connectivity index (χ0v) is 34.1. The highest BCUT2D eigenvalue weighted by molar-refractivity contribution is 5.83. The molecule has 0 heterocycles. The number of hydrogen-bond donors (Lipinski definition) is 4. The van der Waals surface area contributed by atoms with Crippen LogP contribution in [-0.4, -0.2) is 47.1 Å². The van der Waals surface area contributed by atoms with Gasteiger partial charge >= 0.3 is 11.9 Å². The average Bonchev–Trinajstić information content (AvgIpc) is 3.01. The van der Waals surface area contributed by atoms with E-state index in [0.29, 0.717) is 33.4 Å². The van der Waals surface area contributed by atoms with Crippen LogP contribution in [0.5, 0.6) is 11.5 Å². The molecule has 10 nitrogen and oxygen atoms in total. The smallest absolute Gasteiger partial charge is 0.306 e. The van der Waals surface area contributed by atoms with Gasteiger partial charge in [-0.05, 0) is 79.3 Å². The lowest BCUT2D eigenvalue weighted by Gasteiger charge is -2.30. The Morgan fingerprint density at radius 1 is 0.538 bits per heavy atom. The predicted octanol–water partition coefficient (Wildman–Crippen LogP) is 7.99. The van der Waals surface area contributed by atoms with E-state index in [2.05, 4.69) is 10.6 Å². The Labute approximate surface area is 311 Å². The number of aromatic hydroxyl groups is 2. The Kier molecular flexibility index (Phi) is 14.6. The lowest BCUT2D eigenvalue weighted by atomic mass is 9.78. The van der Waals surface area contributed by atoms with Gasteiger partial charge in [0.15, 0.2) is 0 Å². The molecule has 0 radical (unpaired) electrons. The van der Waals surface area contributed by atoms with Crippen molar-refractivity contribution in [1.82, 2.24) is 10.6 Å². The lowest BCUT2D eigenvalue weighted by Crippen LogP contribution is -2.34. The minimum absolute atomic E-state index is 0.0216. The molecule has 2 atom stereocenters. The second kappa shape index (κ2) is 17.2. The van der Waals surface area contributed by atoms with Crippen LogP contribution in [-0.2, 0) is 50.3 Å². The van der Waals surface area contributed by atoms with E-state index in [9.17, 15) is 29.4 Å². The second-order valence-corrected chi connectivity index (χ2v) is 17.7. The molecule has 2 amide bonds. The fourth-order valence-corrected chi connectivity index (χ4v) is 5.73. The molecule has 0 fully saturated rings. The molecule has 0 bridgehead atoms. The summed E-state index contributed by atoms with van der Waals surface area (Å²) < 4.78 is 11.6. The highest BCUT2D eigenvalue weighted by Crippen LogP contribution is 2.43. The number of esters is 2. The minimum atomic E-state index is -0.816. The lowest BCUT2D eigenvalue weighted by molar-refractivity contribution is -0.150. The van der Waals surface area contributed by atoms with Crippen molar-refractivity contribution in [2.24, 2.45) is 0 Å². The van der Waals surface area contributed by atoms with Gasteiger partial charge in [0, 0.05) is 25.7 Å². The summed E-state index contributed by atoms with van der Waals surface area (Å²) in [6.45, 7) is 27.2. The van der Waals surface area contributed by atoms with Crippen molar-refractivity contribution in [2.75, 3.05) is 13.1 Å². The first-order chi connectivity index (χ1) is 23.7. The number of phenols is 2. The summed E-state index contributed by atoms with van der Waals surface area (Å²) in [6.07, 6.45) is -1.59.